The molecule has 3 aromatic heterocycles. The Hall–Kier alpha value is -9.19. The van der Waals surface area contributed by atoms with E-state index in [1.807, 2.05) is 6.08 Å². The Kier molecular flexibility index (Phi) is 20.6. The molecule has 0 spiro atoms. The quantitative estimate of drug-likeness (QED) is 0.0576. The van der Waals surface area contributed by atoms with Crippen LogP contribution < -0.4 is 11.5 Å². The van der Waals surface area contributed by atoms with Crippen molar-refractivity contribution in [1.29, 1.82) is 0 Å². The molecule has 6 aromatic carbocycles. The summed E-state index contributed by atoms with van der Waals surface area (Å²) in [7, 11) is -2.47. The second kappa shape index (κ2) is 27.9. The Bertz CT molecular complexity index is 4480. The van der Waals surface area contributed by atoms with Crippen molar-refractivity contribution in [3.8, 4) is 22.3 Å². The molecule has 1 aliphatic carbocycles. The molecule has 0 bridgehead atoms. The molecule has 0 saturated heterocycles. The van der Waals surface area contributed by atoms with Crippen LogP contribution in [0.15, 0.2) is 158 Å². The maximum absolute atomic E-state index is 14.3. The lowest BCUT2D eigenvalue weighted by atomic mass is 9.85. The lowest BCUT2D eigenvalue weighted by molar-refractivity contribution is -0.119. The van der Waals surface area contributed by atoms with Gasteiger partial charge in [-0.2, -0.15) is 0 Å². The van der Waals surface area contributed by atoms with Gasteiger partial charge in [-0.05, 0) is 155 Å². The number of rotatable bonds is 19. The smallest absolute Gasteiger partial charge is 0.251 e. The lowest BCUT2D eigenvalue weighted by Gasteiger charge is -2.20. The first-order chi connectivity index (χ1) is 42.0. The van der Waals surface area contributed by atoms with E-state index in [1.165, 1.54) is 73.2 Å². The average molecular weight is 1280 g/mol. The second-order valence-electron chi connectivity index (χ2n) is 21.0. The molecule has 10 rings (SSSR count). The van der Waals surface area contributed by atoms with E-state index >= 15 is 0 Å². The van der Waals surface area contributed by atoms with E-state index in [9.17, 15) is 71.1 Å². The number of primary amides is 2. The lowest BCUT2D eigenvalue weighted by Crippen LogP contribution is -2.15. The molecule has 0 radical (unpaired) electrons. The number of Topliss-reactive ketones (excluding diaryl/α,β-unsaturated/α-hetero) is 2. The fourth-order valence-corrected chi connectivity index (χ4v) is 11.4. The molecule has 4 N–H and O–H groups in total. The van der Waals surface area contributed by atoms with Crippen molar-refractivity contribution in [3.63, 3.8) is 0 Å². The van der Waals surface area contributed by atoms with Crippen molar-refractivity contribution in [2.75, 3.05) is 12.5 Å². The SMILES string of the molecule is CS(=O)(=O)Cl.CS(=O)(=O)n1cc(CC(=O)C[C@@H](Cc2cc(F)cc(F)c2)c2ncccc2-c2ccc(F)c(C(N)=O)c2)c2cc(F)ccc21.NC(=O)c1cc(-c2cccnc2[C@@H](CC(=O)CC2=CCc3ccc(F)cc32)Cc2cc(F)cc(F)c2)ccc1F. The number of benzene rings is 6. The summed E-state index contributed by atoms with van der Waals surface area (Å²) < 4.78 is 157. The van der Waals surface area contributed by atoms with Gasteiger partial charge in [0, 0.05) is 95.4 Å². The number of hydrogen-bond acceptors (Lipinski definition) is 10. The molecule has 24 heteroatoms. The molecule has 13 nitrogen and oxygen atoms in total. The van der Waals surface area contributed by atoms with Gasteiger partial charge in [-0.25, -0.2) is 55.9 Å². The van der Waals surface area contributed by atoms with E-state index in [-0.39, 0.29) is 77.5 Å². The fourth-order valence-electron chi connectivity index (χ4n) is 10.6. The molecule has 0 unspecified atom stereocenters. The zero-order valence-electron chi connectivity index (χ0n) is 47.1. The number of pyridine rings is 2. The summed E-state index contributed by atoms with van der Waals surface area (Å²) >= 11 is 0. The maximum atomic E-state index is 14.3. The van der Waals surface area contributed by atoms with Crippen LogP contribution in [0.4, 0.5) is 35.1 Å². The first kappa shape index (κ1) is 65.8. The number of allylic oxidation sites excluding steroid dienone is 2. The molecule has 0 fully saturated rings. The minimum atomic E-state index is -3.78. The molecule has 2 atom stereocenters. The van der Waals surface area contributed by atoms with Crippen LogP contribution >= 0.6 is 10.7 Å². The van der Waals surface area contributed by atoms with Gasteiger partial charge in [0.25, 0.3) is 11.8 Å². The molecule has 89 heavy (non-hydrogen) atoms. The highest BCUT2D eigenvalue weighted by molar-refractivity contribution is 8.13. The van der Waals surface area contributed by atoms with Gasteiger partial charge in [-0.3, -0.25) is 29.1 Å². The van der Waals surface area contributed by atoms with Crippen molar-refractivity contribution in [2.24, 2.45) is 11.5 Å². The van der Waals surface area contributed by atoms with Crippen LogP contribution in [0.25, 0.3) is 38.7 Å². The monoisotopic (exact) mass is 1280 g/mol. The number of halogens is 9. The van der Waals surface area contributed by atoms with E-state index in [1.54, 1.807) is 30.3 Å². The van der Waals surface area contributed by atoms with Crippen LogP contribution in [0.3, 0.4) is 0 Å². The largest absolute Gasteiger partial charge is 0.366 e. The highest BCUT2D eigenvalue weighted by Gasteiger charge is 2.28. The summed E-state index contributed by atoms with van der Waals surface area (Å²) in [6.07, 6.45) is 8.24. The van der Waals surface area contributed by atoms with Gasteiger partial charge in [0.05, 0.1) is 40.5 Å². The van der Waals surface area contributed by atoms with E-state index in [0.717, 1.165) is 76.2 Å². The maximum Gasteiger partial charge on any atom is 0.251 e. The summed E-state index contributed by atoms with van der Waals surface area (Å²) in [5, 5.41) is 0.247. The number of nitrogens with zero attached hydrogens (tertiary/aromatic N) is 3. The minimum absolute atomic E-state index is 0.0337. The first-order valence-electron chi connectivity index (χ1n) is 26.9. The van der Waals surface area contributed by atoms with E-state index in [0.29, 0.717) is 51.2 Å². The van der Waals surface area contributed by atoms with Crippen LogP contribution in [0.1, 0.15) is 91.0 Å². The zero-order valence-corrected chi connectivity index (χ0v) is 49.5. The predicted octanol–water partition coefficient (Wildman–Crippen LogP) is 12.6. The molecule has 460 valence electrons. The summed E-state index contributed by atoms with van der Waals surface area (Å²) in [5.41, 5.74) is 16.0. The number of nitrogens with two attached hydrogens (primary N) is 2. The number of ketones is 2. The van der Waals surface area contributed by atoms with Gasteiger partial charge in [-0.1, -0.05) is 36.4 Å². The topological polar surface area (TPSA) is 219 Å². The van der Waals surface area contributed by atoms with Crippen LogP contribution in [-0.4, -0.2) is 66.7 Å². The van der Waals surface area contributed by atoms with Gasteiger partial charge in [0.15, 0.2) is 0 Å². The van der Waals surface area contributed by atoms with E-state index < -0.39 is 95.0 Å². The van der Waals surface area contributed by atoms with Crippen molar-refractivity contribution in [3.05, 3.63) is 255 Å². The molecule has 0 aliphatic heterocycles. The number of amides is 2. The molecule has 3 heterocycles. The highest BCUT2D eigenvalue weighted by atomic mass is 35.7. The van der Waals surface area contributed by atoms with Crippen LogP contribution in [-0.2, 0) is 54.3 Å². The van der Waals surface area contributed by atoms with Gasteiger partial charge >= 0.3 is 0 Å². The molecule has 0 saturated carbocycles. The van der Waals surface area contributed by atoms with Gasteiger partial charge in [0.2, 0.25) is 19.1 Å². The highest BCUT2D eigenvalue weighted by Crippen LogP contribution is 2.38. The molecule has 2 amide bonds. The van der Waals surface area contributed by atoms with Crippen molar-refractivity contribution in [2.45, 2.75) is 56.8 Å². The standard InChI is InChI=1S/C32H25F4N3O4S.C32H24F4N2O2.CH3ClO2S/c1-44(42,43)39-17-21(27-16-22(33)5-7-30(27)39)13-25(40)12-20(9-18-10-23(34)15-24(35)11-18)31-26(3-2-8-38-31)19-4-6-29(36)28(14-19)32(37)41;33-23-7-5-19-3-4-20(28(19)17-23)13-26(39)14-22(10-18-11-24(34)16-25(35)12-18)31-27(2-1-9-38-31)21-6-8-30(36)29(15-21)32(37)40;1-5(2,3)4/h2-8,10-11,14-17,20H,9,12-13H2,1H3,(H2,37,41);1-2,4-9,11-12,15-17,22H,3,10,13-14H2,(H2,37,40);1H3/t20-;22-;/m11./s1. The first-order valence-corrected chi connectivity index (χ1v) is 31.4. The van der Waals surface area contributed by atoms with E-state index in [2.05, 4.69) is 20.7 Å². The Morgan fingerprint density at radius 2 is 1.00 bits per heavy atom. The van der Waals surface area contributed by atoms with Crippen LogP contribution in [0.2, 0.25) is 0 Å². The normalized spacial score (nSPS) is 12.6. The molecule has 9 aromatic rings. The van der Waals surface area contributed by atoms with Crippen molar-refractivity contribution < 1.29 is 71.1 Å². The number of carbonyl (C=O) groups is 4. The third-order valence-electron chi connectivity index (χ3n) is 14.2. The summed E-state index contributed by atoms with van der Waals surface area (Å²) in [5.74, 6) is -9.61. The number of hydrogen-bond donors (Lipinski definition) is 2. The zero-order chi connectivity index (χ0) is 64.6. The Morgan fingerprint density at radius 1 is 0.551 bits per heavy atom. The number of aromatic nitrogens is 3. The number of fused-ring (bicyclic) bond motifs is 2. The van der Waals surface area contributed by atoms with Crippen molar-refractivity contribution in [1.82, 2.24) is 13.9 Å². The van der Waals surface area contributed by atoms with E-state index in [4.69, 9.17) is 11.5 Å². The van der Waals surface area contributed by atoms with Crippen LogP contribution in [0.5, 0.6) is 0 Å². The Morgan fingerprint density at radius 3 is 1.46 bits per heavy atom. The molecule has 1 aliphatic rings. The van der Waals surface area contributed by atoms with Crippen molar-refractivity contribution >= 4 is 69.6 Å². The Balaban J connectivity index is 0.000000215. The van der Waals surface area contributed by atoms with Gasteiger partial charge in [-0.15, -0.1) is 0 Å². The minimum Gasteiger partial charge on any atom is -0.366 e. The third kappa shape index (κ3) is 17.3. The molecular weight excluding hydrogens is 1230 g/mol. The molecular formula is C65H52ClF8N5O8S2. The third-order valence-corrected chi connectivity index (χ3v) is 15.2. The van der Waals surface area contributed by atoms with Crippen LogP contribution in [0, 0.1) is 46.5 Å². The average Bonchev–Trinajstić information content (AvgIpc) is 1.82. The van der Waals surface area contributed by atoms with Gasteiger partial charge in [0.1, 0.15) is 58.1 Å². The second-order valence-corrected chi connectivity index (χ2v) is 25.9. The predicted molar refractivity (Wildman–Crippen MR) is 320 cm³/mol. The summed E-state index contributed by atoms with van der Waals surface area (Å²) in [4.78, 5) is 59.6. The summed E-state index contributed by atoms with van der Waals surface area (Å²) in [6.45, 7) is 0. The fraction of sp³-hybridized carbons (Fsp3) is 0.169. The Labute approximate surface area is 510 Å². The number of carbonyl (C=O) groups excluding carboxylic acids is 4. The van der Waals surface area contributed by atoms with Gasteiger partial charge < -0.3 is 11.5 Å². The summed E-state index contributed by atoms with van der Waals surface area (Å²) in [6, 6.07) is 28.5.